The molecule has 0 radical (unpaired) electrons. The standard InChI is InChI=1S/C16H29N3/c1-4-6-15-18-12-14(19-15)16(8-5-2)9-7-13(10-16)11-17-3/h13,17H,4-12H2,1-3H3. The van der Waals surface area contributed by atoms with Gasteiger partial charge in [-0.15, -0.1) is 0 Å². The lowest BCUT2D eigenvalue weighted by molar-refractivity contribution is 0.368. The van der Waals surface area contributed by atoms with E-state index < -0.39 is 0 Å². The summed E-state index contributed by atoms with van der Waals surface area (Å²) in [5, 5.41) is 3.34. The van der Waals surface area contributed by atoms with Crippen molar-refractivity contribution in [3.8, 4) is 0 Å². The molecule has 1 saturated carbocycles. The van der Waals surface area contributed by atoms with Crippen molar-refractivity contribution < 1.29 is 0 Å². The number of aliphatic imine (C=N–C) groups is 2. The maximum absolute atomic E-state index is 4.89. The van der Waals surface area contributed by atoms with Gasteiger partial charge in [-0.1, -0.05) is 20.3 Å². The number of hydrogen-bond donors (Lipinski definition) is 1. The van der Waals surface area contributed by atoms with Gasteiger partial charge < -0.3 is 5.32 Å². The molecular formula is C16H29N3. The van der Waals surface area contributed by atoms with Crippen LogP contribution in [-0.4, -0.2) is 31.7 Å². The van der Waals surface area contributed by atoms with Crippen LogP contribution in [0.1, 0.15) is 58.8 Å². The highest BCUT2D eigenvalue weighted by atomic mass is 15.0. The molecule has 1 aliphatic heterocycles. The van der Waals surface area contributed by atoms with Gasteiger partial charge in [-0.05, 0) is 51.6 Å². The Kier molecular flexibility index (Phi) is 5.14. The Morgan fingerprint density at radius 2 is 2.16 bits per heavy atom. The Morgan fingerprint density at radius 3 is 2.84 bits per heavy atom. The van der Waals surface area contributed by atoms with Gasteiger partial charge in [0.1, 0.15) is 5.84 Å². The molecular weight excluding hydrogens is 234 g/mol. The fourth-order valence-corrected chi connectivity index (χ4v) is 3.85. The summed E-state index contributed by atoms with van der Waals surface area (Å²) in [7, 11) is 2.06. The number of nitrogens with zero attached hydrogens (tertiary/aromatic N) is 2. The van der Waals surface area contributed by atoms with Crippen molar-refractivity contribution in [3.63, 3.8) is 0 Å². The molecule has 0 aromatic heterocycles. The van der Waals surface area contributed by atoms with Crippen LogP contribution >= 0.6 is 0 Å². The molecule has 3 nitrogen and oxygen atoms in total. The summed E-state index contributed by atoms with van der Waals surface area (Å²) in [6.45, 7) is 6.54. The first-order valence-corrected chi connectivity index (χ1v) is 8.00. The van der Waals surface area contributed by atoms with Crippen LogP contribution in [0.25, 0.3) is 0 Å². The molecule has 3 heteroatoms. The Morgan fingerprint density at radius 1 is 1.32 bits per heavy atom. The molecule has 0 aromatic carbocycles. The normalized spacial score (nSPS) is 30.6. The second-order valence-corrected chi connectivity index (χ2v) is 6.24. The second-order valence-electron chi connectivity index (χ2n) is 6.24. The summed E-state index contributed by atoms with van der Waals surface area (Å²) < 4.78 is 0. The van der Waals surface area contributed by atoms with E-state index in [0.717, 1.165) is 37.7 Å². The fraction of sp³-hybridized carbons (Fsp3) is 0.875. The van der Waals surface area contributed by atoms with E-state index >= 15 is 0 Å². The maximum atomic E-state index is 4.89. The minimum absolute atomic E-state index is 0.370. The Bertz CT molecular complexity index is 359. The number of hydrogen-bond acceptors (Lipinski definition) is 3. The fourth-order valence-electron chi connectivity index (χ4n) is 3.85. The summed E-state index contributed by atoms with van der Waals surface area (Å²) in [5.41, 5.74) is 1.77. The van der Waals surface area contributed by atoms with Crippen LogP contribution in [0.2, 0.25) is 0 Å². The molecule has 0 aromatic rings. The summed E-state index contributed by atoms with van der Waals surface area (Å²) in [6.07, 6.45) is 8.74. The van der Waals surface area contributed by atoms with Crippen molar-refractivity contribution in [2.75, 3.05) is 20.1 Å². The van der Waals surface area contributed by atoms with E-state index in [-0.39, 0.29) is 0 Å². The van der Waals surface area contributed by atoms with Gasteiger partial charge in [0.15, 0.2) is 0 Å². The number of rotatable bonds is 7. The van der Waals surface area contributed by atoms with Gasteiger partial charge in [0, 0.05) is 17.5 Å². The number of amidine groups is 1. The van der Waals surface area contributed by atoms with E-state index in [9.17, 15) is 0 Å². The first-order chi connectivity index (χ1) is 9.24. The predicted octanol–water partition coefficient (Wildman–Crippen LogP) is 3.45. The zero-order chi connectivity index (χ0) is 13.7. The van der Waals surface area contributed by atoms with Gasteiger partial charge in [-0.2, -0.15) is 0 Å². The molecule has 2 unspecified atom stereocenters. The Balaban J connectivity index is 2.07. The predicted molar refractivity (Wildman–Crippen MR) is 83.3 cm³/mol. The minimum Gasteiger partial charge on any atom is -0.319 e. The molecule has 108 valence electrons. The SMILES string of the molecule is CCCC1=NCC(C2(CCC)CCC(CNC)C2)=N1. The lowest BCUT2D eigenvalue weighted by Crippen LogP contribution is -2.30. The molecule has 2 aliphatic rings. The van der Waals surface area contributed by atoms with Crippen LogP contribution in [0.5, 0.6) is 0 Å². The molecule has 0 amide bonds. The molecule has 19 heavy (non-hydrogen) atoms. The van der Waals surface area contributed by atoms with Crippen LogP contribution in [-0.2, 0) is 0 Å². The van der Waals surface area contributed by atoms with Crippen LogP contribution in [0.4, 0.5) is 0 Å². The second kappa shape index (κ2) is 6.65. The Hall–Kier alpha value is -0.700. The average molecular weight is 263 g/mol. The van der Waals surface area contributed by atoms with E-state index in [1.54, 1.807) is 0 Å². The van der Waals surface area contributed by atoms with Crippen LogP contribution in [0.15, 0.2) is 9.98 Å². The molecule has 2 atom stereocenters. The van der Waals surface area contributed by atoms with E-state index in [1.165, 1.54) is 37.8 Å². The highest BCUT2D eigenvalue weighted by molar-refractivity contribution is 6.06. The largest absolute Gasteiger partial charge is 0.319 e. The summed E-state index contributed by atoms with van der Waals surface area (Å²) in [4.78, 5) is 9.54. The highest BCUT2D eigenvalue weighted by Gasteiger charge is 2.42. The van der Waals surface area contributed by atoms with Crippen molar-refractivity contribution >= 4 is 11.5 Å². The summed E-state index contributed by atoms with van der Waals surface area (Å²) in [6, 6.07) is 0. The summed E-state index contributed by atoms with van der Waals surface area (Å²) >= 11 is 0. The van der Waals surface area contributed by atoms with Crippen molar-refractivity contribution in [3.05, 3.63) is 0 Å². The minimum atomic E-state index is 0.370. The van der Waals surface area contributed by atoms with Gasteiger partial charge in [0.25, 0.3) is 0 Å². The Labute approximate surface area is 118 Å². The van der Waals surface area contributed by atoms with Crippen molar-refractivity contribution in [2.24, 2.45) is 21.3 Å². The van der Waals surface area contributed by atoms with Gasteiger partial charge in [-0.3, -0.25) is 4.99 Å². The number of nitrogens with one attached hydrogen (secondary N) is 1. The molecule has 1 N–H and O–H groups in total. The lowest BCUT2D eigenvalue weighted by atomic mass is 9.76. The van der Waals surface area contributed by atoms with Crippen molar-refractivity contribution in [2.45, 2.75) is 58.8 Å². The average Bonchev–Trinajstić information content (AvgIpc) is 2.99. The van der Waals surface area contributed by atoms with Crippen molar-refractivity contribution in [1.29, 1.82) is 0 Å². The van der Waals surface area contributed by atoms with Gasteiger partial charge in [0.2, 0.25) is 0 Å². The van der Waals surface area contributed by atoms with Crippen LogP contribution < -0.4 is 5.32 Å². The first kappa shape index (κ1) is 14.7. The molecule has 0 spiro atoms. The van der Waals surface area contributed by atoms with E-state index in [1.807, 2.05) is 0 Å². The topological polar surface area (TPSA) is 36.8 Å². The molecule has 1 heterocycles. The van der Waals surface area contributed by atoms with Crippen molar-refractivity contribution in [1.82, 2.24) is 5.32 Å². The van der Waals surface area contributed by atoms with E-state index in [2.05, 4.69) is 31.2 Å². The zero-order valence-electron chi connectivity index (χ0n) is 12.8. The third-order valence-corrected chi connectivity index (χ3v) is 4.69. The molecule has 1 fully saturated rings. The smallest absolute Gasteiger partial charge is 0.123 e. The zero-order valence-corrected chi connectivity index (χ0v) is 12.8. The first-order valence-electron chi connectivity index (χ1n) is 8.00. The molecule has 2 rings (SSSR count). The molecule has 0 bridgehead atoms. The van der Waals surface area contributed by atoms with E-state index in [4.69, 9.17) is 4.99 Å². The van der Waals surface area contributed by atoms with Gasteiger partial charge in [-0.25, -0.2) is 4.99 Å². The summed E-state index contributed by atoms with van der Waals surface area (Å²) in [5.74, 6) is 1.93. The highest BCUT2D eigenvalue weighted by Crippen LogP contribution is 2.47. The van der Waals surface area contributed by atoms with E-state index in [0.29, 0.717) is 5.41 Å². The molecule has 0 saturated heterocycles. The monoisotopic (exact) mass is 263 g/mol. The van der Waals surface area contributed by atoms with Crippen LogP contribution in [0, 0.1) is 11.3 Å². The third-order valence-electron chi connectivity index (χ3n) is 4.69. The van der Waals surface area contributed by atoms with Gasteiger partial charge >= 0.3 is 0 Å². The maximum Gasteiger partial charge on any atom is 0.123 e. The third kappa shape index (κ3) is 3.25. The quantitative estimate of drug-likeness (QED) is 0.750. The molecule has 1 aliphatic carbocycles. The van der Waals surface area contributed by atoms with Crippen LogP contribution in [0.3, 0.4) is 0 Å². The van der Waals surface area contributed by atoms with Gasteiger partial charge in [0.05, 0.1) is 6.54 Å². The lowest BCUT2D eigenvalue weighted by Gasteiger charge is -2.29.